The molecule has 8 heteroatoms. The predicted molar refractivity (Wildman–Crippen MR) is 138 cm³/mol. The molecule has 0 aromatic carbocycles. The first kappa shape index (κ1) is 27.4. The summed E-state index contributed by atoms with van der Waals surface area (Å²) in [4.78, 5) is 31.1. The highest BCUT2D eigenvalue weighted by Gasteiger charge is 2.54. The first-order chi connectivity index (χ1) is 16.9. The lowest BCUT2D eigenvalue weighted by Crippen LogP contribution is -2.53. The SMILES string of the molecule is CC(=Cc1csc(C)n1)[C@@H]1C[C@@H]2O[C@@]2(C)CCC[C@H](C)[C@H](O)[C@@H](C)C(=O)C2(CCC2)[C@@H](O)CC(=O)O1. The van der Waals surface area contributed by atoms with Crippen LogP contribution in [-0.4, -0.2) is 57.0 Å². The molecule has 1 aliphatic carbocycles. The Morgan fingerprint density at radius 1 is 1.19 bits per heavy atom. The summed E-state index contributed by atoms with van der Waals surface area (Å²) in [7, 11) is 0. The lowest BCUT2D eigenvalue weighted by molar-refractivity contribution is -0.161. The quantitative estimate of drug-likeness (QED) is 0.433. The number of fused-ring (bicyclic) bond motifs is 1. The number of aryl methyl sites for hydroxylation is 1. The van der Waals surface area contributed by atoms with Gasteiger partial charge in [-0.3, -0.25) is 9.59 Å². The fraction of sp³-hybridized carbons (Fsp3) is 0.750. The Labute approximate surface area is 218 Å². The second-order valence-corrected chi connectivity index (χ2v) is 12.6. The molecule has 3 fully saturated rings. The lowest BCUT2D eigenvalue weighted by Gasteiger charge is -2.46. The van der Waals surface area contributed by atoms with E-state index in [1.54, 1.807) is 18.3 Å². The number of thiazole rings is 1. The van der Waals surface area contributed by atoms with Crippen LogP contribution in [0.25, 0.3) is 6.08 Å². The largest absolute Gasteiger partial charge is 0.458 e. The molecule has 1 aromatic heterocycles. The Kier molecular flexibility index (Phi) is 8.10. The van der Waals surface area contributed by atoms with E-state index in [0.717, 1.165) is 42.0 Å². The van der Waals surface area contributed by atoms with E-state index in [4.69, 9.17) is 9.47 Å². The number of Topliss-reactive ketones (excluding diaryl/α,β-unsaturated/α-hetero) is 1. The van der Waals surface area contributed by atoms with E-state index in [0.29, 0.717) is 19.3 Å². The molecule has 7 atom stereocenters. The van der Waals surface area contributed by atoms with E-state index in [-0.39, 0.29) is 29.8 Å². The summed E-state index contributed by atoms with van der Waals surface area (Å²) >= 11 is 1.57. The topological polar surface area (TPSA) is 109 Å². The summed E-state index contributed by atoms with van der Waals surface area (Å²) in [5, 5.41) is 25.0. The van der Waals surface area contributed by atoms with Gasteiger partial charge in [-0.15, -0.1) is 11.3 Å². The zero-order valence-corrected chi connectivity index (χ0v) is 23.0. The molecule has 3 heterocycles. The summed E-state index contributed by atoms with van der Waals surface area (Å²) in [6.45, 7) is 9.70. The molecule has 4 rings (SSSR count). The molecular formula is C28H41NO6S. The number of carbonyl (C=O) groups excluding carboxylic acids is 2. The van der Waals surface area contributed by atoms with Crippen LogP contribution in [0.5, 0.6) is 0 Å². The molecule has 0 bridgehead atoms. The standard InChI is InChI=1S/C28H41NO6S/c1-16-8-6-9-27(5)23(35-27)13-21(17(2)12-20-15-36-19(4)29-20)34-24(31)14-22(30)28(10-7-11-28)26(33)18(3)25(16)32/h12,15-16,18,21-23,25,30,32H,6-11,13-14H2,1-5H3/t16-,18+,21-,22-,23-,25-,27-/m0/s1. The molecular weight excluding hydrogens is 478 g/mol. The molecule has 0 radical (unpaired) electrons. The van der Waals surface area contributed by atoms with Gasteiger partial charge >= 0.3 is 5.97 Å². The summed E-state index contributed by atoms with van der Waals surface area (Å²) < 4.78 is 12.0. The number of carbonyl (C=O) groups is 2. The molecule has 36 heavy (non-hydrogen) atoms. The number of hydrogen-bond donors (Lipinski definition) is 2. The maximum atomic E-state index is 13.5. The maximum Gasteiger partial charge on any atom is 0.309 e. The summed E-state index contributed by atoms with van der Waals surface area (Å²) in [5.41, 5.74) is 0.438. The minimum absolute atomic E-state index is 0.0349. The number of hydrogen-bond acceptors (Lipinski definition) is 8. The van der Waals surface area contributed by atoms with Gasteiger partial charge in [0, 0.05) is 17.7 Å². The molecule has 2 saturated heterocycles. The van der Waals surface area contributed by atoms with Crippen molar-refractivity contribution >= 4 is 29.2 Å². The van der Waals surface area contributed by atoms with Crippen molar-refractivity contribution < 1.29 is 29.3 Å². The third-order valence-corrected chi connectivity index (χ3v) is 9.63. The first-order valence-corrected chi connectivity index (χ1v) is 14.2. The minimum Gasteiger partial charge on any atom is -0.458 e. The smallest absolute Gasteiger partial charge is 0.309 e. The van der Waals surface area contributed by atoms with Crippen LogP contribution < -0.4 is 0 Å². The normalized spacial score (nSPS) is 38.2. The van der Waals surface area contributed by atoms with Crippen molar-refractivity contribution in [1.82, 2.24) is 4.98 Å². The van der Waals surface area contributed by atoms with Crippen LogP contribution in [-0.2, 0) is 19.1 Å². The fourth-order valence-corrected chi connectivity index (χ4v) is 6.58. The van der Waals surface area contributed by atoms with Gasteiger partial charge < -0.3 is 19.7 Å². The van der Waals surface area contributed by atoms with Crippen molar-refractivity contribution in [3.05, 3.63) is 21.7 Å². The van der Waals surface area contributed by atoms with Gasteiger partial charge in [0.2, 0.25) is 0 Å². The van der Waals surface area contributed by atoms with Crippen LogP contribution in [0.1, 0.15) is 89.8 Å². The summed E-state index contributed by atoms with van der Waals surface area (Å²) in [6.07, 6.45) is 4.18. The third kappa shape index (κ3) is 5.62. The zero-order valence-electron chi connectivity index (χ0n) is 22.2. The van der Waals surface area contributed by atoms with Crippen LogP contribution in [0.4, 0.5) is 0 Å². The molecule has 1 aromatic rings. The zero-order chi connectivity index (χ0) is 26.3. The number of epoxide rings is 1. The number of rotatable bonds is 2. The molecule has 1 saturated carbocycles. The number of ether oxygens (including phenoxy) is 2. The van der Waals surface area contributed by atoms with Gasteiger partial charge in [0.15, 0.2) is 0 Å². The van der Waals surface area contributed by atoms with Crippen LogP contribution >= 0.6 is 11.3 Å². The monoisotopic (exact) mass is 519 g/mol. The second kappa shape index (κ2) is 10.6. The van der Waals surface area contributed by atoms with Gasteiger partial charge in [-0.05, 0) is 64.0 Å². The van der Waals surface area contributed by atoms with E-state index < -0.39 is 35.6 Å². The average Bonchev–Trinajstić information content (AvgIpc) is 3.22. The van der Waals surface area contributed by atoms with Gasteiger partial charge in [0.25, 0.3) is 0 Å². The molecule has 2 N–H and O–H groups in total. The van der Waals surface area contributed by atoms with Gasteiger partial charge in [0.1, 0.15) is 11.9 Å². The van der Waals surface area contributed by atoms with Gasteiger partial charge in [-0.1, -0.05) is 26.7 Å². The van der Waals surface area contributed by atoms with Gasteiger partial charge in [-0.25, -0.2) is 4.98 Å². The number of ketones is 1. The van der Waals surface area contributed by atoms with Crippen LogP contribution in [0.15, 0.2) is 11.0 Å². The van der Waals surface area contributed by atoms with Crippen LogP contribution in [0.2, 0.25) is 0 Å². The van der Waals surface area contributed by atoms with Gasteiger partial charge in [-0.2, -0.15) is 0 Å². The third-order valence-electron chi connectivity index (χ3n) is 8.83. The number of cyclic esters (lactones) is 1. The van der Waals surface area contributed by atoms with Crippen molar-refractivity contribution in [2.75, 3.05) is 0 Å². The molecule has 0 unspecified atom stereocenters. The highest BCUT2D eigenvalue weighted by molar-refractivity contribution is 7.09. The van der Waals surface area contributed by atoms with Crippen molar-refractivity contribution in [2.45, 2.75) is 116 Å². The number of aliphatic hydroxyl groups is 2. The summed E-state index contributed by atoms with van der Waals surface area (Å²) in [5.74, 6) is -1.30. The maximum absolute atomic E-state index is 13.5. The number of aliphatic hydroxyl groups excluding tert-OH is 2. The van der Waals surface area contributed by atoms with Crippen molar-refractivity contribution in [3.63, 3.8) is 0 Å². The predicted octanol–water partition coefficient (Wildman–Crippen LogP) is 4.62. The molecule has 3 aliphatic rings. The van der Waals surface area contributed by atoms with Crippen molar-refractivity contribution in [3.8, 4) is 0 Å². The first-order valence-electron chi connectivity index (χ1n) is 13.3. The van der Waals surface area contributed by atoms with E-state index >= 15 is 0 Å². The Bertz CT molecular complexity index is 1000. The van der Waals surface area contributed by atoms with Crippen LogP contribution in [0, 0.1) is 24.2 Å². The van der Waals surface area contributed by atoms with Crippen LogP contribution in [0.3, 0.4) is 0 Å². The molecule has 1 spiro atoms. The number of nitrogens with zero attached hydrogens (tertiary/aromatic N) is 1. The van der Waals surface area contributed by atoms with Crippen molar-refractivity contribution in [2.24, 2.45) is 17.3 Å². The van der Waals surface area contributed by atoms with Crippen molar-refractivity contribution in [1.29, 1.82) is 0 Å². The Morgan fingerprint density at radius 2 is 1.92 bits per heavy atom. The molecule has 2 aliphatic heterocycles. The molecule has 0 amide bonds. The number of esters is 1. The van der Waals surface area contributed by atoms with E-state index in [9.17, 15) is 19.8 Å². The Morgan fingerprint density at radius 3 is 2.53 bits per heavy atom. The molecule has 7 nitrogen and oxygen atoms in total. The number of aromatic nitrogens is 1. The van der Waals surface area contributed by atoms with E-state index in [2.05, 4.69) is 11.9 Å². The second-order valence-electron chi connectivity index (χ2n) is 11.6. The highest BCUT2D eigenvalue weighted by Crippen LogP contribution is 2.49. The minimum atomic E-state index is -1.13. The van der Waals surface area contributed by atoms with E-state index in [1.807, 2.05) is 32.2 Å². The Balaban J connectivity index is 1.58. The molecule has 200 valence electrons. The lowest BCUT2D eigenvalue weighted by atomic mass is 9.58. The van der Waals surface area contributed by atoms with Gasteiger partial charge in [0.05, 0.1) is 46.5 Å². The fourth-order valence-electron chi connectivity index (χ4n) is 6.01. The highest BCUT2D eigenvalue weighted by atomic mass is 32.1. The van der Waals surface area contributed by atoms with E-state index in [1.165, 1.54) is 0 Å². The summed E-state index contributed by atoms with van der Waals surface area (Å²) in [6, 6.07) is 0. The Hall–Kier alpha value is -1.61. The average molecular weight is 520 g/mol.